The molecule has 0 saturated carbocycles. The molecule has 2 rings (SSSR count). The van der Waals surface area contributed by atoms with Crippen molar-refractivity contribution < 1.29 is 4.79 Å². The second kappa shape index (κ2) is 6.31. The Bertz CT molecular complexity index is 475. The molecule has 1 aromatic rings. The van der Waals surface area contributed by atoms with Gasteiger partial charge in [0.25, 0.3) is 0 Å². The van der Waals surface area contributed by atoms with Crippen LogP contribution in [0.5, 0.6) is 0 Å². The summed E-state index contributed by atoms with van der Waals surface area (Å²) in [5, 5.41) is 0. The molecule has 0 spiro atoms. The highest BCUT2D eigenvalue weighted by molar-refractivity contribution is 5.99. The van der Waals surface area contributed by atoms with Gasteiger partial charge in [-0.1, -0.05) is 50.6 Å². The van der Waals surface area contributed by atoms with Crippen LogP contribution in [-0.4, -0.2) is 29.8 Å². The molecule has 0 amide bonds. The first-order valence-electron chi connectivity index (χ1n) is 8.14. The molecular formula is C19H29NO. The van der Waals surface area contributed by atoms with E-state index in [4.69, 9.17) is 0 Å². The monoisotopic (exact) mass is 287 g/mol. The first kappa shape index (κ1) is 16.2. The number of likely N-dealkylation sites (tertiary alicyclic amines) is 1. The van der Waals surface area contributed by atoms with Crippen molar-refractivity contribution >= 4 is 5.78 Å². The summed E-state index contributed by atoms with van der Waals surface area (Å²) >= 11 is 0. The number of nitrogens with zero attached hydrogens (tertiary/aromatic N) is 1. The lowest BCUT2D eigenvalue weighted by molar-refractivity contribution is 0.0660. The topological polar surface area (TPSA) is 20.3 Å². The highest BCUT2D eigenvalue weighted by Gasteiger charge is 2.32. The summed E-state index contributed by atoms with van der Waals surface area (Å²) in [6.07, 6.45) is 2.41. The Hall–Kier alpha value is -1.15. The summed E-state index contributed by atoms with van der Waals surface area (Å²) in [5.41, 5.74) is 2.42. The fourth-order valence-corrected chi connectivity index (χ4v) is 3.28. The van der Waals surface area contributed by atoms with Crippen LogP contribution in [0.25, 0.3) is 0 Å². The van der Waals surface area contributed by atoms with Crippen molar-refractivity contribution in [2.45, 2.75) is 53.5 Å². The zero-order chi connectivity index (χ0) is 15.6. The lowest BCUT2D eigenvalue weighted by atomic mass is 9.75. The largest absolute Gasteiger partial charge is 0.293 e. The number of rotatable bonds is 3. The number of ketones is 1. The van der Waals surface area contributed by atoms with E-state index in [1.807, 2.05) is 24.3 Å². The van der Waals surface area contributed by atoms with E-state index >= 15 is 0 Å². The molecule has 0 radical (unpaired) electrons. The quantitative estimate of drug-likeness (QED) is 0.771. The third-order valence-electron chi connectivity index (χ3n) is 5.02. The van der Waals surface area contributed by atoms with Crippen molar-refractivity contribution in [1.29, 1.82) is 0 Å². The standard InChI is InChI=1S/C19H29NO/c1-14-6-8-16(9-7-14)18(21)15(2)20-12-10-17(11-13-20)19(3,4)5/h6-9,15,17H,10-13H2,1-5H3. The molecule has 0 aliphatic carbocycles. The number of aryl methyl sites for hydroxylation is 1. The van der Waals surface area contributed by atoms with Gasteiger partial charge >= 0.3 is 0 Å². The average molecular weight is 287 g/mol. The number of Topliss-reactive ketones (excluding diaryl/α,β-unsaturated/α-hetero) is 1. The van der Waals surface area contributed by atoms with Gasteiger partial charge in [-0.05, 0) is 51.1 Å². The number of carbonyl (C=O) groups excluding carboxylic acids is 1. The smallest absolute Gasteiger partial charge is 0.179 e. The SMILES string of the molecule is Cc1ccc(C(=O)C(C)N2CCC(C(C)(C)C)CC2)cc1. The molecule has 1 unspecified atom stereocenters. The second-order valence-electron chi connectivity index (χ2n) is 7.58. The van der Waals surface area contributed by atoms with Gasteiger partial charge in [-0.25, -0.2) is 0 Å². The van der Waals surface area contributed by atoms with Gasteiger partial charge < -0.3 is 0 Å². The molecule has 1 atom stereocenters. The van der Waals surface area contributed by atoms with E-state index in [-0.39, 0.29) is 11.8 Å². The number of piperidine rings is 1. The third-order valence-corrected chi connectivity index (χ3v) is 5.02. The fourth-order valence-electron chi connectivity index (χ4n) is 3.28. The molecule has 1 heterocycles. The first-order valence-corrected chi connectivity index (χ1v) is 8.14. The van der Waals surface area contributed by atoms with E-state index < -0.39 is 0 Å². The van der Waals surface area contributed by atoms with E-state index in [1.54, 1.807) is 0 Å². The Morgan fingerprint density at radius 1 is 1.14 bits per heavy atom. The molecule has 2 nitrogen and oxygen atoms in total. The Labute approximate surface area is 129 Å². The van der Waals surface area contributed by atoms with Crippen molar-refractivity contribution in [3.05, 3.63) is 35.4 Å². The highest BCUT2D eigenvalue weighted by Crippen LogP contribution is 2.34. The van der Waals surface area contributed by atoms with Gasteiger partial charge in [0.1, 0.15) is 0 Å². The summed E-state index contributed by atoms with van der Waals surface area (Å²) in [6.45, 7) is 13.2. The Balaban J connectivity index is 1.97. The van der Waals surface area contributed by atoms with Gasteiger partial charge in [0.05, 0.1) is 6.04 Å². The lowest BCUT2D eigenvalue weighted by Crippen LogP contribution is -2.45. The summed E-state index contributed by atoms with van der Waals surface area (Å²) < 4.78 is 0. The van der Waals surface area contributed by atoms with E-state index in [1.165, 1.54) is 18.4 Å². The van der Waals surface area contributed by atoms with Crippen LogP contribution in [0, 0.1) is 18.3 Å². The number of benzene rings is 1. The molecule has 1 saturated heterocycles. The van der Waals surface area contributed by atoms with Crippen molar-refractivity contribution in [3.63, 3.8) is 0 Å². The number of hydrogen-bond donors (Lipinski definition) is 0. The Morgan fingerprint density at radius 3 is 2.14 bits per heavy atom. The number of hydrogen-bond acceptors (Lipinski definition) is 2. The molecular weight excluding hydrogens is 258 g/mol. The Morgan fingerprint density at radius 2 is 1.67 bits per heavy atom. The minimum Gasteiger partial charge on any atom is -0.293 e. The molecule has 1 fully saturated rings. The van der Waals surface area contributed by atoms with Crippen LogP contribution in [0.2, 0.25) is 0 Å². The molecule has 21 heavy (non-hydrogen) atoms. The molecule has 0 aromatic heterocycles. The molecule has 116 valence electrons. The van der Waals surface area contributed by atoms with Gasteiger partial charge in [-0.2, -0.15) is 0 Å². The van der Waals surface area contributed by atoms with Crippen LogP contribution < -0.4 is 0 Å². The summed E-state index contributed by atoms with van der Waals surface area (Å²) in [5.74, 6) is 1.03. The van der Waals surface area contributed by atoms with E-state index in [0.717, 1.165) is 24.6 Å². The van der Waals surface area contributed by atoms with Crippen LogP contribution in [0.3, 0.4) is 0 Å². The zero-order valence-electron chi connectivity index (χ0n) is 14.1. The summed E-state index contributed by atoms with van der Waals surface area (Å²) in [7, 11) is 0. The highest BCUT2D eigenvalue weighted by atomic mass is 16.1. The van der Waals surface area contributed by atoms with Gasteiger partial charge in [0.15, 0.2) is 5.78 Å². The van der Waals surface area contributed by atoms with Gasteiger partial charge in [0, 0.05) is 5.56 Å². The second-order valence-corrected chi connectivity index (χ2v) is 7.58. The van der Waals surface area contributed by atoms with E-state index in [2.05, 4.69) is 39.5 Å². The molecule has 1 aromatic carbocycles. The van der Waals surface area contributed by atoms with Crippen molar-refractivity contribution in [1.82, 2.24) is 4.90 Å². The minimum absolute atomic E-state index is 0.00590. The minimum atomic E-state index is -0.00590. The predicted octanol–water partition coefficient (Wildman–Crippen LogP) is 4.32. The molecule has 2 heteroatoms. The van der Waals surface area contributed by atoms with E-state index in [0.29, 0.717) is 5.41 Å². The van der Waals surface area contributed by atoms with Gasteiger partial charge in [-0.15, -0.1) is 0 Å². The number of carbonyl (C=O) groups is 1. The predicted molar refractivity (Wildman–Crippen MR) is 88.7 cm³/mol. The van der Waals surface area contributed by atoms with Crippen LogP contribution >= 0.6 is 0 Å². The normalized spacial score (nSPS) is 19.5. The summed E-state index contributed by atoms with van der Waals surface area (Å²) in [4.78, 5) is 14.9. The van der Waals surface area contributed by atoms with Crippen molar-refractivity contribution in [2.75, 3.05) is 13.1 Å². The maximum absolute atomic E-state index is 12.6. The molecule has 1 aliphatic rings. The van der Waals surface area contributed by atoms with Crippen LogP contribution in [-0.2, 0) is 0 Å². The van der Waals surface area contributed by atoms with Crippen LogP contribution in [0.4, 0.5) is 0 Å². The summed E-state index contributed by atoms with van der Waals surface area (Å²) in [6, 6.07) is 7.94. The third kappa shape index (κ3) is 3.94. The van der Waals surface area contributed by atoms with Gasteiger partial charge in [-0.3, -0.25) is 9.69 Å². The van der Waals surface area contributed by atoms with Crippen LogP contribution in [0.1, 0.15) is 56.5 Å². The maximum Gasteiger partial charge on any atom is 0.179 e. The average Bonchev–Trinajstić information content (AvgIpc) is 2.46. The Kier molecular flexibility index (Phi) is 4.88. The lowest BCUT2D eigenvalue weighted by Gasteiger charge is -2.40. The fraction of sp³-hybridized carbons (Fsp3) is 0.632. The zero-order valence-corrected chi connectivity index (χ0v) is 14.1. The first-order chi connectivity index (χ1) is 9.79. The van der Waals surface area contributed by atoms with Crippen LogP contribution in [0.15, 0.2) is 24.3 Å². The van der Waals surface area contributed by atoms with Gasteiger partial charge in [0.2, 0.25) is 0 Å². The molecule has 1 aliphatic heterocycles. The molecule has 0 bridgehead atoms. The van der Waals surface area contributed by atoms with Crippen molar-refractivity contribution in [3.8, 4) is 0 Å². The van der Waals surface area contributed by atoms with E-state index in [9.17, 15) is 4.79 Å². The maximum atomic E-state index is 12.6. The van der Waals surface area contributed by atoms with Crippen molar-refractivity contribution in [2.24, 2.45) is 11.3 Å². The molecule has 0 N–H and O–H groups in total.